The minimum atomic E-state index is 0.104. The van der Waals surface area contributed by atoms with E-state index in [4.69, 9.17) is 16.3 Å². The Hall–Kier alpha value is -1.89. The molecule has 1 aromatic carbocycles. The van der Waals surface area contributed by atoms with Crippen LogP contribution in [0.4, 0.5) is 0 Å². The SMILES string of the molecule is CCCO[C@H]1CCCN(C(=O)c2cc3c(C)nn(-c4ccccc4Cl)c3s2)CC1. The first-order valence-corrected chi connectivity index (χ1v) is 11.4. The molecule has 29 heavy (non-hydrogen) atoms. The third kappa shape index (κ3) is 4.20. The first kappa shape index (κ1) is 20.4. The van der Waals surface area contributed by atoms with E-state index in [0.29, 0.717) is 5.02 Å². The van der Waals surface area contributed by atoms with Gasteiger partial charge in [-0.2, -0.15) is 5.10 Å². The number of hydrogen-bond donors (Lipinski definition) is 0. The van der Waals surface area contributed by atoms with Gasteiger partial charge >= 0.3 is 0 Å². The number of likely N-dealkylation sites (tertiary alicyclic amines) is 1. The van der Waals surface area contributed by atoms with Crippen LogP contribution in [0.2, 0.25) is 5.02 Å². The molecule has 0 aliphatic carbocycles. The number of ether oxygens (including phenoxy) is 1. The van der Waals surface area contributed by atoms with Crippen LogP contribution in [0, 0.1) is 6.92 Å². The molecule has 0 bridgehead atoms. The van der Waals surface area contributed by atoms with Crippen molar-refractivity contribution < 1.29 is 9.53 Å². The molecule has 5 nitrogen and oxygen atoms in total. The fourth-order valence-electron chi connectivity index (χ4n) is 3.82. The predicted octanol–water partition coefficient (Wildman–Crippen LogP) is 5.47. The zero-order chi connectivity index (χ0) is 20.4. The van der Waals surface area contributed by atoms with Crippen LogP contribution in [0.3, 0.4) is 0 Å². The Balaban J connectivity index is 1.58. The summed E-state index contributed by atoms with van der Waals surface area (Å²) in [6.07, 6.45) is 4.21. The van der Waals surface area contributed by atoms with Crippen molar-refractivity contribution in [2.24, 2.45) is 0 Å². The molecule has 154 valence electrons. The smallest absolute Gasteiger partial charge is 0.264 e. The van der Waals surface area contributed by atoms with E-state index in [-0.39, 0.29) is 12.0 Å². The van der Waals surface area contributed by atoms with Gasteiger partial charge in [-0.05, 0) is 50.8 Å². The van der Waals surface area contributed by atoms with Gasteiger partial charge < -0.3 is 9.64 Å². The van der Waals surface area contributed by atoms with Crippen molar-refractivity contribution in [1.29, 1.82) is 0 Å². The van der Waals surface area contributed by atoms with Crippen molar-refractivity contribution in [1.82, 2.24) is 14.7 Å². The van der Waals surface area contributed by atoms with E-state index >= 15 is 0 Å². The molecule has 0 radical (unpaired) electrons. The minimum absolute atomic E-state index is 0.104. The number of hydrogen-bond acceptors (Lipinski definition) is 4. The zero-order valence-corrected chi connectivity index (χ0v) is 18.4. The Morgan fingerprint density at radius 2 is 2.14 bits per heavy atom. The summed E-state index contributed by atoms with van der Waals surface area (Å²) in [6.45, 7) is 6.43. The van der Waals surface area contributed by atoms with E-state index in [1.165, 1.54) is 11.3 Å². The maximum Gasteiger partial charge on any atom is 0.264 e. The molecule has 4 rings (SSSR count). The van der Waals surface area contributed by atoms with Gasteiger partial charge in [0.1, 0.15) is 4.83 Å². The van der Waals surface area contributed by atoms with Gasteiger partial charge in [0, 0.05) is 25.1 Å². The summed E-state index contributed by atoms with van der Waals surface area (Å²) in [6, 6.07) is 9.62. The van der Waals surface area contributed by atoms with Crippen molar-refractivity contribution in [2.75, 3.05) is 19.7 Å². The number of nitrogens with zero attached hydrogens (tertiary/aromatic N) is 3. The van der Waals surface area contributed by atoms with Crippen molar-refractivity contribution in [3.05, 3.63) is 45.9 Å². The van der Waals surface area contributed by atoms with Crippen molar-refractivity contribution >= 4 is 39.1 Å². The quantitative estimate of drug-likeness (QED) is 0.538. The first-order chi connectivity index (χ1) is 14.1. The molecule has 0 unspecified atom stereocenters. The highest BCUT2D eigenvalue weighted by molar-refractivity contribution is 7.20. The molecule has 1 amide bonds. The minimum Gasteiger partial charge on any atom is -0.378 e. The van der Waals surface area contributed by atoms with Crippen LogP contribution in [0.5, 0.6) is 0 Å². The third-order valence-corrected chi connectivity index (χ3v) is 6.77. The summed E-state index contributed by atoms with van der Waals surface area (Å²) < 4.78 is 7.77. The van der Waals surface area contributed by atoms with Gasteiger partial charge in [-0.3, -0.25) is 4.79 Å². The van der Waals surface area contributed by atoms with Crippen LogP contribution in [0.1, 0.15) is 48.0 Å². The summed E-state index contributed by atoms with van der Waals surface area (Å²) in [7, 11) is 0. The largest absolute Gasteiger partial charge is 0.378 e. The lowest BCUT2D eigenvalue weighted by molar-refractivity contribution is 0.0432. The Bertz CT molecular complexity index is 1010. The van der Waals surface area contributed by atoms with Crippen LogP contribution < -0.4 is 0 Å². The van der Waals surface area contributed by atoms with E-state index in [9.17, 15) is 4.79 Å². The average molecular weight is 432 g/mol. The number of aromatic nitrogens is 2. The molecule has 1 fully saturated rings. The van der Waals surface area contributed by atoms with Crippen LogP contribution >= 0.6 is 22.9 Å². The van der Waals surface area contributed by atoms with Gasteiger partial charge in [0.05, 0.1) is 27.4 Å². The lowest BCUT2D eigenvalue weighted by Crippen LogP contribution is -2.31. The molecule has 2 aromatic heterocycles. The summed E-state index contributed by atoms with van der Waals surface area (Å²) in [5, 5.41) is 6.30. The molecule has 1 aliphatic rings. The molecule has 3 heterocycles. The highest BCUT2D eigenvalue weighted by Crippen LogP contribution is 2.33. The second-order valence-electron chi connectivity index (χ2n) is 7.49. The Morgan fingerprint density at radius 1 is 1.31 bits per heavy atom. The monoisotopic (exact) mass is 431 g/mol. The van der Waals surface area contributed by atoms with Gasteiger partial charge in [-0.25, -0.2) is 4.68 Å². The van der Waals surface area contributed by atoms with Crippen molar-refractivity contribution in [3.8, 4) is 5.69 Å². The lowest BCUT2D eigenvalue weighted by atomic mass is 10.2. The predicted molar refractivity (Wildman–Crippen MR) is 118 cm³/mol. The molecule has 0 N–H and O–H groups in total. The van der Waals surface area contributed by atoms with E-state index in [1.54, 1.807) is 0 Å². The fourth-order valence-corrected chi connectivity index (χ4v) is 5.17. The molecule has 3 aromatic rings. The molecule has 1 aliphatic heterocycles. The fraction of sp³-hybridized carbons (Fsp3) is 0.455. The Morgan fingerprint density at radius 3 is 2.93 bits per heavy atom. The number of thiophene rings is 1. The second-order valence-corrected chi connectivity index (χ2v) is 8.93. The van der Waals surface area contributed by atoms with E-state index < -0.39 is 0 Å². The van der Waals surface area contributed by atoms with Crippen LogP contribution in [0.25, 0.3) is 15.9 Å². The normalized spacial score (nSPS) is 17.6. The number of benzene rings is 1. The topological polar surface area (TPSA) is 47.4 Å². The lowest BCUT2D eigenvalue weighted by Gasteiger charge is -2.20. The molecule has 0 spiro atoms. The molecule has 7 heteroatoms. The number of fused-ring (bicyclic) bond motifs is 1. The third-order valence-electron chi connectivity index (χ3n) is 5.36. The van der Waals surface area contributed by atoms with Crippen LogP contribution in [-0.2, 0) is 4.74 Å². The first-order valence-electron chi connectivity index (χ1n) is 10.2. The van der Waals surface area contributed by atoms with E-state index in [1.807, 2.05) is 46.8 Å². The number of halogens is 1. The maximum absolute atomic E-state index is 13.2. The number of amides is 1. The number of aryl methyl sites for hydroxylation is 1. The molecule has 0 saturated carbocycles. The molecule has 1 atom stereocenters. The van der Waals surface area contributed by atoms with Crippen LogP contribution in [0.15, 0.2) is 30.3 Å². The molecule has 1 saturated heterocycles. The summed E-state index contributed by atoms with van der Waals surface area (Å²) >= 11 is 7.88. The maximum atomic E-state index is 13.2. The molecular weight excluding hydrogens is 406 g/mol. The van der Waals surface area contributed by atoms with Crippen LogP contribution in [-0.4, -0.2) is 46.4 Å². The van der Waals surface area contributed by atoms with Gasteiger partial charge in [-0.15, -0.1) is 11.3 Å². The van der Waals surface area contributed by atoms with Gasteiger partial charge in [0.2, 0.25) is 0 Å². The summed E-state index contributed by atoms with van der Waals surface area (Å²) in [4.78, 5) is 16.9. The Labute approximate surface area is 180 Å². The highest BCUT2D eigenvalue weighted by Gasteiger charge is 2.25. The van der Waals surface area contributed by atoms with Gasteiger partial charge in [0.15, 0.2) is 0 Å². The standard InChI is InChI=1S/C22H26ClN3O2S/c1-3-13-28-16-7-6-11-25(12-10-16)21(27)20-14-17-15(2)24-26(22(17)29-20)19-9-5-4-8-18(19)23/h4-5,8-9,14,16H,3,6-7,10-13H2,1-2H3/t16-/m0/s1. The number of rotatable bonds is 5. The van der Waals surface area contributed by atoms with Crippen molar-refractivity contribution in [3.63, 3.8) is 0 Å². The average Bonchev–Trinajstić information content (AvgIpc) is 3.19. The number of carbonyl (C=O) groups is 1. The summed E-state index contributed by atoms with van der Waals surface area (Å²) in [5.74, 6) is 0.104. The van der Waals surface area contributed by atoms with E-state index in [2.05, 4.69) is 12.0 Å². The highest BCUT2D eigenvalue weighted by atomic mass is 35.5. The second kappa shape index (κ2) is 8.86. The Kier molecular flexibility index (Phi) is 6.23. The molecular formula is C22H26ClN3O2S. The van der Waals surface area contributed by atoms with Crippen molar-refractivity contribution in [2.45, 2.75) is 45.6 Å². The van der Waals surface area contributed by atoms with E-state index in [0.717, 1.165) is 71.9 Å². The number of carbonyl (C=O) groups excluding carboxylic acids is 1. The number of para-hydroxylation sites is 1. The summed E-state index contributed by atoms with van der Waals surface area (Å²) in [5.41, 5.74) is 1.73. The van der Waals surface area contributed by atoms with Gasteiger partial charge in [0.25, 0.3) is 5.91 Å². The van der Waals surface area contributed by atoms with Gasteiger partial charge in [-0.1, -0.05) is 30.7 Å². The zero-order valence-electron chi connectivity index (χ0n) is 16.9.